The second-order valence-electron chi connectivity index (χ2n) is 7.83. The third-order valence-corrected chi connectivity index (χ3v) is 5.52. The zero-order valence-electron chi connectivity index (χ0n) is 18.5. The van der Waals surface area contributed by atoms with Crippen molar-refractivity contribution in [2.75, 3.05) is 0 Å². The maximum absolute atomic E-state index is 10.8. The van der Waals surface area contributed by atoms with Gasteiger partial charge in [-0.3, -0.25) is 4.79 Å². The predicted molar refractivity (Wildman–Crippen MR) is 123 cm³/mol. The third kappa shape index (κ3) is 4.72. The van der Waals surface area contributed by atoms with Gasteiger partial charge in [-0.1, -0.05) is 24.2 Å². The maximum Gasteiger partial charge on any atom is 0.303 e. The maximum atomic E-state index is 10.8. The van der Waals surface area contributed by atoms with Gasteiger partial charge in [-0.05, 0) is 50.1 Å². The van der Waals surface area contributed by atoms with Crippen LogP contribution in [-0.4, -0.2) is 31.9 Å². The lowest BCUT2D eigenvalue weighted by Crippen LogP contribution is -2.10. The highest BCUT2D eigenvalue weighted by Gasteiger charge is 2.16. The molecule has 2 aromatic carbocycles. The summed E-state index contributed by atoms with van der Waals surface area (Å²) in [6.07, 6.45) is 3.46. The molecule has 0 fully saturated rings. The summed E-state index contributed by atoms with van der Waals surface area (Å²) in [7, 11) is 0. The molecule has 8 nitrogen and oxygen atoms in total. The van der Waals surface area contributed by atoms with Gasteiger partial charge in [0, 0.05) is 41.2 Å². The van der Waals surface area contributed by atoms with E-state index in [0.29, 0.717) is 41.6 Å². The molecule has 4 aromatic rings. The fourth-order valence-electron chi connectivity index (χ4n) is 3.62. The van der Waals surface area contributed by atoms with Crippen LogP contribution in [-0.2, 0) is 11.3 Å². The van der Waals surface area contributed by atoms with E-state index in [4.69, 9.17) is 14.4 Å². The van der Waals surface area contributed by atoms with Crippen molar-refractivity contribution >= 4 is 16.9 Å². The molecule has 0 unspecified atom stereocenters. The Morgan fingerprint density at radius 2 is 2.15 bits per heavy atom. The van der Waals surface area contributed by atoms with Gasteiger partial charge in [0.05, 0.1) is 11.7 Å². The van der Waals surface area contributed by atoms with Crippen LogP contribution in [0.2, 0.25) is 0 Å². The predicted octanol–water partition coefficient (Wildman–Crippen LogP) is 5.27. The summed E-state index contributed by atoms with van der Waals surface area (Å²) in [5.74, 6) is 0.488. The molecule has 0 saturated carbocycles. The molecule has 0 aliphatic rings. The average molecular weight is 444 g/mol. The molecule has 0 aliphatic heterocycles. The molecule has 0 amide bonds. The van der Waals surface area contributed by atoms with Crippen LogP contribution < -0.4 is 4.74 Å². The summed E-state index contributed by atoms with van der Waals surface area (Å²) in [5, 5.41) is 23.5. The van der Waals surface area contributed by atoms with E-state index in [1.54, 1.807) is 18.2 Å². The minimum Gasteiger partial charge on any atom is -0.489 e. The molecule has 4 rings (SSSR count). The normalized spacial score (nSPS) is 11.9. The van der Waals surface area contributed by atoms with Gasteiger partial charge in [-0.2, -0.15) is 10.2 Å². The number of aromatic nitrogens is 3. The van der Waals surface area contributed by atoms with Crippen LogP contribution >= 0.6 is 0 Å². The zero-order valence-corrected chi connectivity index (χ0v) is 18.5. The molecule has 1 N–H and O–H groups in total. The van der Waals surface area contributed by atoms with Crippen molar-refractivity contribution < 1.29 is 19.2 Å². The van der Waals surface area contributed by atoms with Gasteiger partial charge in [0.15, 0.2) is 0 Å². The second kappa shape index (κ2) is 9.57. The summed E-state index contributed by atoms with van der Waals surface area (Å²) in [4.78, 5) is 15.4. The van der Waals surface area contributed by atoms with Gasteiger partial charge in [0.1, 0.15) is 11.8 Å². The van der Waals surface area contributed by atoms with Crippen LogP contribution in [0.4, 0.5) is 0 Å². The lowest BCUT2D eigenvalue weighted by atomic mass is 10.1. The van der Waals surface area contributed by atoms with Gasteiger partial charge >= 0.3 is 5.97 Å². The number of hydrogen-bond acceptors (Lipinski definition) is 6. The van der Waals surface area contributed by atoms with Crippen LogP contribution in [0.15, 0.2) is 53.2 Å². The number of aryl methyl sites for hydroxylation is 1. The lowest BCUT2D eigenvalue weighted by Gasteiger charge is -2.13. The van der Waals surface area contributed by atoms with E-state index in [0.717, 1.165) is 22.9 Å². The Balaban J connectivity index is 1.62. The van der Waals surface area contributed by atoms with Crippen molar-refractivity contribution in [1.29, 1.82) is 5.26 Å². The van der Waals surface area contributed by atoms with Gasteiger partial charge < -0.3 is 18.9 Å². The first-order valence-corrected chi connectivity index (χ1v) is 10.8. The summed E-state index contributed by atoms with van der Waals surface area (Å²) < 4.78 is 13.4. The van der Waals surface area contributed by atoms with Gasteiger partial charge in [0.2, 0.25) is 5.82 Å². The third-order valence-electron chi connectivity index (χ3n) is 5.52. The molecule has 1 atom stereocenters. The number of fused-ring (bicyclic) bond motifs is 1. The average Bonchev–Trinajstić information content (AvgIpc) is 3.47. The van der Waals surface area contributed by atoms with Crippen molar-refractivity contribution in [2.24, 2.45) is 0 Å². The van der Waals surface area contributed by atoms with Crippen LogP contribution in [0, 0.1) is 11.3 Å². The minimum absolute atomic E-state index is 0.00915. The number of rotatable bonds is 9. The Hall–Kier alpha value is -4.12. The Labute approximate surface area is 191 Å². The molecule has 2 heterocycles. The van der Waals surface area contributed by atoms with E-state index in [2.05, 4.69) is 16.2 Å². The summed E-state index contributed by atoms with van der Waals surface area (Å²) >= 11 is 0. The number of carboxylic acid groups (broad SMARTS) is 1. The van der Waals surface area contributed by atoms with E-state index in [-0.39, 0.29) is 12.5 Å². The number of aliphatic carboxylic acids is 1. The van der Waals surface area contributed by atoms with Crippen LogP contribution in [0.5, 0.6) is 5.75 Å². The molecule has 8 heteroatoms. The fourth-order valence-corrected chi connectivity index (χ4v) is 3.62. The zero-order chi connectivity index (χ0) is 23.4. The Bertz CT molecular complexity index is 1330. The molecule has 0 radical (unpaired) electrons. The highest BCUT2D eigenvalue weighted by molar-refractivity contribution is 5.94. The standard InChI is InChI=1S/C25H24N4O4/c1-3-16(2)32-22-10-9-17(14-18(22)15-26)25-27-24(28-33-25)20-6-4-7-21-19(20)11-13-29(21)12-5-8-23(30)31/h4,6-7,9-11,13-14,16H,3,5,8,12H2,1-2H3,(H,30,31)/t16-/m0/s1. The van der Waals surface area contributed by atoms with Crippen molar-refractivity contribution in [1.82, 2.24) is 14.7 Å². The smallest absolute Gasteiger partial charge is 0.303 e. The summed E-state index contributed by atoms with van der Waals surface area (Å²) in [5.41, 5.74) is 2.84. The number of hydrogen-bond donors (Lipinski definition) is 1. The Kier molecular flexibility index (Phi) is 6.41. The molecule has 0 spiro atoms. The molecular weight excluding hydrogens is 420 g/mol. The lowest BCUT2D eigenvalue weighted by molar-refractivity contribution is -0.137. The van der Waals surface area contributed by atoms with Crippen molar-refractivity contribution in [3.8, 4) is 34.7 Å². The summed E-state index contributed by atoms with van der Waals surface area (Å²) in [6, 6.07) is 15.2. The van der Waals surface area contributed by atoms with Crippen LogP contribution in [0.3, 0.4) is 0 Å². The molecule has 0 aliphatic carbocycles. The van der Waals surface area contributed by atoms with Crippen LogP contribution in [0.1, 0.15) is 38.7 Å². The molecular formula is C25H24N4O4. The van der Waals surface area contributed by atoms with E-state index >= 15 is 0 Å². The first kappa shape index (κ1) is 22.1. The largest absolute Gasteiger partial charge is 0.489 e. The van der Waals surface area contributed by atoms with E-state index < -0.39 is 5.97 Å². The van der Waals surface area contributed by atoms with E-state index in [1.165, 1.54) is 0 Å². The second-order valence-corrected chi connectivity index (χ2v) is 7.83. The molecule has 168 valence electrons. The van der Waals surface area contributed by atoms with E-state index in [9.17, 15) is 10.1 Å². The molecule has 0 saturated heterocycles. The number of carbonyl (C=O) groups is 1. The van der Waals surface area contributed by atoms with Gasteiger partial charge in [0.25, 0.3) is 5.89 Å². The highest BCUT2D eigenvalue weighted by Crippen LogP contribution is 2.31. The number of nitrogens with zero attached hydrogens (tertiary/aromatic N) is 4. The fraction of sp³-hybridized carbons (Fsp3) is 0.280. The van der Waals surface area contributed by atoms with Crippen molar-refractivity contribution in [3.05, 3.63) is 54.2 Å². The first-order valence-electron chi connectivity index (χ1n) is 10.8. The Morgan fingerprint density at radius 1 is 1.30 bits per heavy atom. The van der Waals surface area contributed by atoms with Gasteiger partial charge in [-0.25, -0.2) is 0 Å². The molecule has 0 bridgehead atoms. The minimum atomic E-state index is -0.800. The topological polar surface area (TPSA) is 114 Å². The Morgan fingerprint density at radius 3 is 2.91 bits per heavy atom. The van der Waals surface area contributed by atoms with Crippen molar-refractivity contribution in [2.45, 2.75) is 45.8 Å². The summed E-state index contributed by atoms with van der Waals surface area (Å²) in [6.45, 7) is 4.59. The number of nitriles is 1. The van der Waals surface area contributed by atoms with Gasteiger partial charge in [-0.15, -0.1) is 0 Å². The SMILES string of the molecule is CC[C@H](C)Oc1ccc(-c2nc(-c3cccc4c3ccn4CCCC(=O)O)no2)cc1C#N. The quantitative estimate of drug-likeness (QED) is 0.374. The monoisotopic (exact) mass is 444 g/mol. The van der Waals surface area contributed by atoms with Crippen LogP contribution in [0.25, 0.3) is 33.7 Å². The van der Waals surface area contributed by atoms with Crippen molar-refractivity contribution in [3.63, 3.8) is 0 Å². The number of ether oxygens (including phenoxy) is 1. The highest BCUT2D eigenvalue weighted by atomic mass is 16.5. The number of carboxylic acids is 1. The molecule has 33 heavy (non-hydrogen) atoms. The number of benzene rings is 2. The molecule has 2 aromatic heterocycles. The first-order chi connectivity index (χ1) is 16.0. The van der Waals surface area contributed by atoms with E-state index in [1.807, 2.05) is 48.9 Å².